The summed E-state index contributed by atoms with van der Waals surface area (Å²) in [6, 6.07) is 12.7. The van der Waals surface area contributed by atoms with E-state index in [0.717, 1.165) is 20.9 Å². The zero-order valence-electron chi connectivity index (χ0n) is 11.4. The largest absolute Gasteiger partial charge is 0.456 e. The maximum atomic E-state index is 11.9. The number of carbonyl (C=O) groups is 1. The van der Waals surface area contributed by atoms with Crippen molar-refractivity contribution in [1.29, 1.82) is 0 Å². The van der Waals surface area contributed by atoms with Crippen molar-refractivity contribution in [3.8, 4) is 10.7 Å². The van der Waals surface area contributed by atoms with Crippen LogP contribution in [-0.4, -0.2) is 15.9 Å². The van der Waals surface area contributed by atoms with Gasteiger partial charge in [0.25, 0.3) is 0 Å². The van der Waals surface area contributed by atoms with Crippen LogP contribution in [0.4, 0.5) is 0 Å². The van der Waals surface area contributed by atoms with E-state index in [1.165, 1.54) is 11.3 Å². The van der Waals surface area contributed by atoms with E-state index in [4.69, 9.17) is 4.74 Å². The lowest BCUT2D eigenvalue weighted by atomic mass is 10.2. The van der Waals surface area contributed by atoms with E-state index in [1.54, 1.807) is 30.5 Å². The zero-order chi connectivity index (χ0) is 15.4. The van der Waals surface area contributed by atoms with Crippen molar-refractivity contribution in [3.63, 3.8) is 0 Å². The minimum absolute atomic E-state index is 0.151. The van der Waals surface area contributed by atoms with Gasteiger partial charge in [-0.15, -0.1) is 11.3 Å². The van der Waals surface area contributed by atoms with Crippen LogP contribution in [0.3, 0.4) is 0 Å². The number of rotatable bonds is 4. The highest BCUT2D eigenvalue weighted by molar-refractivity contribution is 9.10. The molecule has 110 valence electrons. The predicted molar refractivity (Wildman–Crippen MR) is 88.6 cm³/mol. The molecule has 2 aromatic heterocycles. The molecule has 1 aromatic carbocycles. The van der Waals surface area contributed by atoms with Crippen LogP contribution >= 0.6 is 27.3 Å². The molecule has 0 saturated carbocycles. The molecule has 0 atom stereocenters. The van der Waals surface area contributed by atoms with Gasteiger partial charge in [0.1, 0.15) is 11.6 Å². The molecule has 0 aliphatic rings. The van der Waals surface area contributed by atoms with Crippen molar-refractivity contribution >= 4 is 33.2 Å². The molecule has 0 amide bonds. The Kier molecular flexibility index (Phi) is 4.60. The van der Waals surface area contributed by atoms with Gasteiger partial charge in [-0.05, 0) is 36.4 Å². The molecule has 2 heterocycles. The Morgan fingerprint density at radius 1 is 1.18 bits per heavy atom. The number of halogens is 1. The van der Waals surface area contributed by atoms with Crippen LogP contribution < -0.4 is 0 Å². The molecule has 0 spiro atoms. The van der Waals surface area contributed by atoms with Crippen LogP contribution in [0, 0.1) is 0 Å². The van der Waals surface area contributed by atoms with E-state index in [0.29, 0.717) is 5.56 Å². The third kappa shape index (κ3) is 3.58. The van der Waals surface area contributed by atoms with E-state index in [1.807, 2.05) is 23.6 Å². The Labute approximate surface area is 139 Å². The van der Waals surface area contributed by atoms with Crippen molar-refractivity contribution in [3.05, 3.63) is 69.8 Å². The lowest BCUT2D eigenvalue weighted by molar-refractivity contribution is 0.0468. The molecule has 3 rings (SSSR count). The quantitative estimate of drug-likeness (QED) is 0.637. The number of ether oxygens (including phenoxy) is 1. The minimum Gasteiger partial charge on any atom is -0.456 e. The molecule has 0 unspecified atom stereocenters. The average molecular weight is 375 g/mol. The molecular formula is C16H11BrN2O2S. The molecule has 3 aromatic rings. The fourth-order valence-corrected chi connectivity index (χ4v) is 2.83. The summed E-state index contributed by atoms with van der Waals surface area (Å²) in [6.45, 7) is 0.151. The van der Waals surface area contributed by atoms with E-state index in [2.05, 4.69) is 25.9 Å². The summed E-state index contributed by atoms with van der Waals surface area (Å²) in [4.78, 5) is 20.6. The van der Waals surface area contributed by atoms with Gasteiger partial charge in [0, 0.05) is 16.0 Å². The predicted octanol–water partition coefficient (Wildman–Crippen LogP) is 4.32. The molecular weight excluding hydrogens is 364 g/mol. The van der Waals surface area contributed by atoms with Gasteiger partial charge in [-0.3, -0.25) is 4.98 Å². The summed E-state index contributed by atoms with van der Waals surface area (Å²) in [5.74, 6) is -0.361. The third-order valence-corrected chi connectivity index (χ3v) is 4.31. The van der Waals surface area contributed by atoms with Gasteiger partial charge in [-0.1, -0.05) is 22.0 Å². The molecule has 0 aliphatic carbocycles. The molecule has 4 nitrogen and oxygen atoms in total. The second-order valence-corrected chi connectivity index (χ2v) is 6.22. The van der Waals surface area contributed by atoms with Gasteiger partial charge in [-0.25, -0.2) is 9.78 Å². The number of aromatic nitrogens is 2. The molecule has 0 fully saturated rings. The number of hydrogen-bond donors (Lipinski definition) is 0. The van der Waals surface area contributed by atoms with Crippen molar-refractivity contribution in [1.82, 2.24) is 9.97 Å². The van der Waals surface area contributed by atoms with Crippen LogP contribution in [0.15, 0.2) is 58.5 Å². The topological polar surface area (TPSA) is 52.1 Å². The van der Waals surface area contributed by atoms with Crippen LogP contribution in [-0.2, 0) is 11.3 Å². The molecule has 0 saturated heterocycles. The first kappa shape index (κ1) is 14.9. The summed E-state index contributed by atoms with van der Waals surface area (Å²) in [6.07, 6.45) is 1.73. The number of esters is 1. The number of carbonyl (C=O) groups excluding carboxylic acids is 1. The highest BCUT2D eigenvalue weighted by atomic mass is 79.9. The smallest absolute Gasteiger partial charge is 0.338 e. The Balaban J connectivity index is 1.64. The van der Waals surface area contributed by atoms with Crippen molar-refractivity contribution < 1.29 is 9.53 Å². The maximum absolute atomic E-state index is 11.9. The molecule has 0 aliphatic heterocycles. The van der Waals surface area contributed by atoms with Gasteiger partial charge in [0.15, 0.2) is 0 Å². The Morgan fingerprint density at radius 2 is 2.00 bits per heavy atom. The average Bonchev–Trinajstić information content (AvgIpc) is 3.03. The fourth-order valence-electron chi connectivity index (χ4n) is 1.79. The van der Waals surface area contributed by atoms with Crippen molar-refractivity contribution in [2.75, 3.05) is 0 Å². The van der Waals surface area contributed by atoms with Gasteiger partial charge in [0.05, 0.1) is 17.0 Å². The van der Waals surface area contributed by atoms with Crippen LogP contribution in [0.5, 0.6) is 0 Å². The number of benzene rings is 1. The fraction of sp³-hybridized carbons (Fsp3) is 0.0625. The maximum Gasteiger partial charge on any atom is 0.338 e. The highest BCUT2D eigenvalue weighted by Crippen LogP contribution is 2.22. The first-order valence-electron chi connectivity index (χ1n) is 6.51. The standard InChI is InChI=1S/C16H11BrN2O2S/c17-12-6-4-11(5-7-12)16(20)21-9-13-10-22-15(19-13)14-3-1-2-8-18-14/h1-8,10H,9H2. The zero-order valence-corrected chi connectivity index (χ0v) is 13.8. The summed E-state index contributed by atoms with van der Waals surface area (Å²) in [7, 11) is 0. The van der Waals surface area contributed by atoms with Crippen LogP contribution in [0.1, 0.15) is 16.1 Å². The molecule has 22 heavy (non-hydrogen) atoms. The van der Waals surface area contributed by atoms with E-state index in [9.17, 15) is 4.79 Å². The SMILES string of the molecule is O=C(OCc1csc(-c2ccccn2)n1)c1ccc(Br)cc1. The first-order chi connectivity index (χ1) is 10.7. The number of nitrogens with zero attached hydrogens (tertiary/aromatic N) is 2. The van der Waals surface area contributed by atoms with E-state index in [-0.39, 0.29) is 12.6 Å². The second-order valence-electron chi connectivity index (χ2n) is 4.44. The second kappa shape index (κ2) is 6.81. The Morgan fingerprint density at radius 3 is 2.73 bits per heavy atom. The normalized spacial score (nSPS) is 10.4. The monoisotopic (exact) mass is 374 g/mol. The van der Waals surface area contributed by atoms with Gasteiger partial charge in [0.2, 0.25) is 0 Å². The van der Waals surface area contributed by atoms with Crippen LogP contribution in [0.2, 0.25) is 0 Å². The number of thiazole rings is 1. The van der Waals surface area contributed by atoms with Gasteiger partial charge in [-0.2, -0.15) is 0 Å². The molecule has 6 heteroatoms. The van der Waals surface area contributed by atoms with Crippen molar-refractivity contribution in [2.45, 2.75) is 6.61 Å². The lowest BCUT2D eigenvalue weighted by Gasteiger charge is -2.02. The molecule has 0 N–H and O–H groups in total. The number of hydrogen-bond acceptors (Lipinski definition) is 5. The highest BCUT2D eigenvalue weighted by Gasteiger charge is 2.10. The molecule has 0 radical (unpaired) electrons. The first-order valence-corrected chi connectivity index (χ1v) is 8.18. The summed E-state index contributed by atoms with van der Waals surface area (Å²) < 4.78 is 6.19. The molecule has 0 bridgehead atoms. The minimum atomic E-state index is -0.361. The number of pyridine rings is 1. The van der Waals surface area contributed by atoms with Crippen LogP contribution in [0.25, 0.3) is 10.7 Å². The third-order valence-electron chi connectivity index (χ3n) is 2.87. The summed E-state index contributed by atoms with van der Waals surface area (Å²) >= 11 is 4.81. The van der Waals surface area contributed by atoms with Gasteiger partial charge < -0.3 is 4.74 Å². The van der Waals surface area contributed by atoms with Crippen molar-refractivity contribution in [2.24, 2.45) is 0 Å². The Hall–Kier alpha value is -2.05. The Bertz CT molecular complexity index is 772. The lowest BCUT2D eigenvalue weighted by Crippen LogP contribution is -2.05. The summed E-state index contributed by atoms with van der Waals surface area (Å²) in [5, 5.41) is 2.69. The van der Waals surface area contributed by atoms with E-state index < -0.39 is 0 Å². The summed E-state index contributed by atoms with van der Waals surface area (Å²) in [5.41, 5.74) is 2.05. The van der Waals surface area contributed by atoms with E-state index >= 15 is 0 Å². The van der Waals surface area contributed by atoms with Gasteiger partial charge >= 0.3 is 5.97 Å².